The molecule has 0 radical (unpaired) electrons. The molecule has 1 aromatic rings. The molecule has 0 aliphatic carbocycles. The van der Waals surface area contributed by atoms with Crippen molar-refractivity contribution in [1.29, 1.82) is 0 Å². The van der Waals surface area contributed by atoms with Crippen molar-refractivity contribution < 1.29 is 4.74 Å². The van der Waals surface area contributed by atoms with Crippen LogP contribution >= 0.6 is 11.6 Å². The normalized spacial score (nSPS) is 24.1. The van der Waals surface area contributed by atoms with Crippen LogP contribution in [-0.2, 0) is 8.91 Å². The molecule has 2 unspecified atom stereocenters. The van der Waals surface area contributed by atoms with Crippen molar-refractivity contribution in [2.24, 2.45) is 0 Å². The van der Waals surface area contributed by atoms with Crippen LogP contribution in [0.4, 0.5) is 0 Å². The first-order chi connectivity index (χ1) is 7.70. The Morgan fingerprint density at radius 3 is 2.56 bits per heavy atom. The monoisotopic (exact) mass is 338 g/mol. The van der Waals surface area contributed by atoms with E-state index >= 15 is 0 Å². The molecular formula is C13H16ClInO. The molecule has 0 amide bonds. The van der Waals surface area contributed by atoms with Gasteiger partial charge in [-0.1, -0.05) is 0 Å². The molecule has 2 atom stereocenters. The SMILES string of the molecule is CO[CH]1C=C[CH](C)[In]1[CH2]c1ccc(Cl)cc1. The summed E-state index contributed by atoms with van der Waals surface area (Å²) in [5.74, 6) is 0. The molecule has 1 aliphatic rings. The number of halogens is 1. The molecule has 0 fully saturated rings. The van der Waals surface area contributed by atoms with Crippen molar-refractivity contribution in [3.63, 3.8) is 0 Å². The van der Waals surface area contributed by atoms with E-state index in [0.29, 0.717) is 3.86 Å². The molecule has 1 aromatic carbocycles. The fourth-order valence-electron chi connectivity index (χ4n) is 2.32. The van der Waals surface area contributed by atoms with Crippen LogP contribution in [0.2, 0.25) is 8.70 Å². The van der Waals surface area contributed by atoms with E-state index in [1.165, 1.54) is 9.74 Å². The second-order valence-electron chi connectivity index (χ2n) is 4.44. The summed E-state index contributed by atoms with van der Waals surface area (Å²) >= 11 is 4.24. The quantitative estimate of drug-likeness (QED) is 0.767. The Morgan fingerprint density at radius 2 is 1.94 bits per heavy atom. The summed E-state index contributed by atoms with van der Waals surface area (Å²) in [4.78, 5) is 0. The number of allylic oxidation sites excluding steroid dienone is 1. The third-order valence-corrected chi connectivity index (χ3v) is 14.6. The minimum absolute atomic E-state index is 0.465. The van der Waals surface area contributed by atoms with E-state index in [2.05, 4.69) is 31.2 Å². The van der Waals surface area contributed by atoms with Crippen LogP contribution in [0.25, 0.3) is 0 Å². The summed E-state index contributed by atoms with van der Waals surface area (Å²) in [6.45, 7) is 2.34. The Bertz CT molecular complexity index is 374. The molecule has 0 aromatic heterocycles. The Kier molecular flexibility index (Phi) is 4.40. The predicted octanol–water partition coefficient (Wildman–Crippen LogP) is 3.43. The van der Waals surface area contributed by atoms with E-state index in [1.807, 2.05) is 19.2 Å². The molecule has 0 saturated heterocycles. The van der Waals surface area contributed by atoms with Crippen molar-refractivity contribution in [3.8, 4) is 0 Å². The maximum absolute atomic E-state index is 5.89. The van der Waals surface area contributed by atoms with Crippen molar-refractivity contribution in [2.45, 2.75) is 18.6 Å². The molecule has 1 heterocycles. The zero-order valence-corrected chi connectivity index (χ0v) is 13.7. The molecule has 2 rings (SSSR count). The number of hydrogen-bond donors (Lipinski definition) is 0. The van der Waals surface area contributed by atoms with Gasteiger partial charge in [-0.2, -0.15) is 0 Å². The van der Waals surface area contributed by atoms with Gasteiger partial charge < -0.3 is 0 Å². The minimum atomic E-state index is -1.65. The van der Waals surface area contributed by atoms with Crippen LogP contribution in [-0.4, -0.2) is 32.4 Å². The van der Waals surface area contributed by atoms with Crippen LogP contribution in [0, 0.1) is 0 Å². The fraction of sp³-hybridized carbons (Fsp3) is 0.385. The topological polar surface area (TPSA) is 9.23 Å². The van der Waals surface area contributed by atoms with Gasteiger partial charge in [0.15, 0.2) is 0 Å². The molecule has 0 bridgehead atoms. The molecule has 0 spiro atoms. The molecule has 3 heteroatoms. The van der Waals surface area contributed by atoms with Crippen LogP contribution in [0.5, 0.6) is 0 Å². The fourth-order valence-corrected chi connectivity index (χ4v) is 11.6. The molecule has 1 aliphatic heterocycles. The van der Waals surface area contributed by atoms with Gasteiger partial charge in [0.1, 0.15) is 0 Å². The Balaban J connectivity index is 2.06. The molecular weight excluding hydrogens is 322 g/mol. The van der Waals surface area contributed by atoms with Crippen molar-refractivity contribution in [2.75, 3.05) is 7.11 Å². The molecule has 1 nitrogen and oxygen atoms in total. The Labute approximate surface area is 110 Å². The van der Waals surface area contributed by atoms with E-state index in [9.17, 15) is 0 Å². The van der Waals surface area contributed by atoms with Gasteiger partial charge in [0.25, 0.3) is 0 Å². The van der Waals surface area contributed by atoms with Gasteiger partial charge in [-0.05, 0) is 0 Å². The van der Waals surface area contributed by atoms with Crippen LogP contribution in [0.1, 0.15) is 12.5 Å². The van der Waals surface area contributed by atoms with Crippen molar-refractivity contribution in [1.82, 2.24) is 0 Å². The molecule has 0 saturated carbocycles. The predicted molar refractivity (Wildman–Crippen MR) is 70.3 cm³/mol. The summed E-state index contributed by atoms with van der Waals surface area (Å²) in [6, 6.07) is 8.27. The second kappa shape index (κ2) is 5.61. The summed E-state index contributed by atoms with van der Waals surface area (Å²) in [5, 5.41) is 0.819. The van der Waals surface area contributed by atoms with Gasteiger partial charge in [-0.3, -0.25) is 0 Å². The van der Waals surface area contributed by atoms with Gasteiger partial charge >= 0.3 is 111 Å². The first kappa shape index (κ1) is 12.5. The standard InChI is InChI=1S/C7H6Cl.C6H10O.In/c1-6-2-4-7(8)5-3-6;1-3-4-5-6-7-2;/h2-5H,1H2;3-6H,1-2H3;. The third-order valence-electron chi connectivity index (χ3n) is 3.36. The van der Waals surface area contributed by atoms with Gasteiger partial charge in [0.2, 0.25) is 0 Å². The maximum atomic E-state index is 5.89. The van der Waals surface area contributed by atoms with E-state index in [1.54, 1.807) is 0 Å². The molecule has 0 N–H and O–H groups in total. The average molecular weight is 339 g/mol. The number of rotatable bonds is 3. The first-order valence-electron chi connectivity index (χ1n) is 5.66. The van der Waals surface area contributed by atoms with E-state index in [0.717, 1.165) is 8.70 Å². The first-order valence-corrected chi connectivity index (χ1v) is 12.2. The van der Waals surface area contributed by atoms with E-state index in [-0.39, 0.29) is 0 Å². The molecule has 16 heavy (non-hydrogen) atoms. The van der Waals surface area contributed by atoms with Gasteiger partial charge in [-0.25, -0.2) is 0 Å². The van der Waals surface area contributed by atoms with Gasteiger partial charge in [-0.15, -0.1) is 0 Å². The Hall–Kier alpha value is 0.0801. The second-order valence-corrected chi connectivity index (χ2v) is 14.7. The molecule has 84 valence electrons. The third kappa shape index (κ3) is 2.85. The summed E-state index contributed by atoms with van der Waals surface area (Å²) in [6.07, 6.45) is 4.60. The van der Waals surface area contributed by atoms with Crippen LogP contribution < -0.4 is 0 Å². The summed E-state index contributed by atoms with van der Waals surface area (Å²) < 4.78 is 8.09. The number of hydrogen-bond acceptors (Lipinski definition) is 1. The summed E-state index contributed by atoms with van der Waals surface area (Å²) in [7, 11) is 1.83. The van der Waals surface area contributed by atoms with Crippen LogP contribution in [0.15, 0.2) is 36.4 Å². The van der Waals surface area contributed by atoms with E-state index < -0.39 is 21.4 Å². The number of benzene rings is 1. The number of methoxy groups -OCH3 is 1. The van der Waals surface area contributed by atoms with Crippen molar-refractivity contribution >= 4 is 33.0 Å². The summed E-state index contributed by atoms with van der Waals surface area (Å²) in [5.41, 5.74) is 1.42. The average Bonchev–Trinajstić information content (AvgIpc) is 2.63. The Morgan fingerprint density at radius 1 is 1.25 bits per heavy atom. The van der Waals surface area contributed by atoms with Gasteiger partial charge in [0.05, 0.1) is 0 Å². The van der Waals surface area contributed by atoms with Crippen molar-refractivity contribution in [3.05, 3.63) is 47.0 Å². The zero-order valence-electron chi connectivity index (χ0n) is 9.69. The van der Waals surface area contributed by atoms with Gasteiger partial charge in [0, 0.05) is 0 Å². The van der Waals surface area contributed by atoms with E-state index in [4.69, 9.17) is 16.3 Å². The van der Waals surface area contributed by atoms with Crippen LogP contribution in [0.3, 0.4) is 0 Å². The zero-order chi connectivity index (χ0) is 11.5. The number of ether oxygens (including phenoxy) is 1.